The molecule has 1 aromatic rings. The summed E-state index contributed by atoms with van der Waals surface area (Å²) >= 11 is 0. The van der Waals surface area contributed by atoms with Gasteiger partial charge in [0.25, 0.3) is 0 Å². The Morgan fingerprint density at radius 2 is 1.96 bits per heavy atom. The first-order valence-corrected chi connectivity index (χ1v) is 9.48. The molecule has 128 valence electrons. The molecular weight excluding hydrogens is 287 g/mol. The van der Waals surface area contributed by atoms with Crippen LogP contribution in [0.15, 0.2) is 24.3 Å². The van der Waals surface area contributed by atoms with E-state index in [1.54, 1.807) is 6.07 Å². The van der Waals surface area contributed by atoms with Gasteiger partial charge in [-0.25, -0.2) is 4.39 Å². The molecule has 1 saturated carbocycles. The van der Waals surface area contributed by atoms with Crippen LogP contribution >= 0.6 is 0 Å². The standard InChI is InChI=1S/C20H31FN2/c1-2-16-11-19(22-13-17-7-4-3-5-8-17)15-23(14-16)20-10-6-9-18(21)12-20/h6,9-10,12,16-17,19,22H,2-5,7-8,11,13-15H2,1H3. The number of hydrogen-bond acceptors (Lipinski definition) is 2. The number of nitrogens with one attached hydrogen (secondary N) is 1. The van der Waals surface area contributed by atoms with Gasteiger partial charge in [0.2, 0.25) is 0 Å². The van der Waals surface area contributed by atoms with E-state index >= 15 is 0 Å². The van der Waals surface area contributed by atoms with Crippen LogP contribution in [0, 0.1) is 17.7 Å². The predicted molar refractivity (Wildman–Crippen MR) is 95.4 cm³/mol. The number of piperidine rings is 1. The Bertz CT molecular complexity index is 484. The number of halogens is 1. The van der Waals surface area contributed by atoms with E-state index in [1.165, 1.54) is 51.0 Å². The van der Waals surface area contributed by atoms with Crippen LogP contribution in [0.25, 0.3) is 0 Å². The van der Waals surface area contributed by atoms with Gasteiger partial charge in [-0.2, -0.15) is 0 Å². The molecule has 2 fully saturated rings. The minimum Gasteiger partial charge on any atom is -0.370 e. The first-order chi connectivity index (χ1) is 11.2. The van der Waals surface area contributed by atoms with Crippen LogP contribution in [0.1, 0.15) is 51.9 Å². The fourth-order valence-electron chi connectivity index (χ4n) is 4.26. The zero-order valence-corrected chi connectivity index (χ0v) is 14.4. The molecule has 2 unspecified atom stereocenters. The summed E-state index contributed by atoms with van der Waals surface area (Å²) in [5.74, 6) is 1.44. The Morgan fingerprint density at radius 3 is 2.70 bits per heavy atom. The fraction of sp³-hybridized carbons (Fsp3) is 0.700. The van der Waals surface area contributed by atoms with Crippen LogP contribution < -0.4 is 10.2 Å². The molecular formula is C20H31FN2. The summed E-state index contributed by atoms with van der Waals surface area (Å²) in [6.07, 6.45) is 9.48. The Morgan fingerprint density at radius 1 is 1.13 bits per heavy atom. The highest BCUT2D eigenvalue weighted by atomic mass is 19.1. The third-order valence-corrected chi connectivity index (χ3v) is 5.71. The number of rotatable bonds is 5. The van der Waals surface area contributed by atoms with Gasteiger partial charge >= 0.3 is 0 Å². The lowest BCUT2D eigenvalue weighted by atomic mass is 9.88. The summed E-state index contributed by atoms with van der Waals surface area (Å²) in [6, 6.07) is 7.61. The van der Waals surface area contributed by atoms with Crippen LogP contribution in [0.5, 0.6) is 0 Å². The number of anilines is 1. The maximum atomic E-state index is 13.5. The quantitative estimate of drug-likeness (QED) is 0.853. The third kappa shape index (κ3) is 4.69. The van der Waals surface area contributed by atoms with Crippen molar-refractivity contribution in [3.05, 3.63) is 30.1 Å². The zero-order chi connectivity index (χ0) is 16.1. The summed E-state index contributed by atoms with van der Waals surface area (Å²) in [7, 11) is 0. The highest BCUT2D eigenvalue weighted by Gasteiger charge is 2.27. The first kappa shape index (κ1) is 16.8. The molecule has 1 aliphatic carbocycles. The summed E-state index contributed by atoms with van der Waals surface area (Å²) in [6.45, 7) is 5.50. The Labute approximate surface area is 140 Å². The second-order valence-electron chi connectivity index (χ2n) is 7.50. The summed E-state index contributed by atoms with van der Waals surface area (Å²) < 4.78 is 13.5. The molecule has 23 heavy (non-hydrogen) atoms. The first-order valence-electron chi connectivity index (χ1n) is 9.48. The summed E-state index contributed by atoms with van der Waals surface area (Å²) in [5, 5.41) is 3.83. The number of nitrogens with zero attached hydrogens (tertiary/aromatic N) is 1. The SMILES string of the molecule is CCC1CC(NCC2CCCCC2)CN(c2cccc(F)c2)C1. The molecule has 0 amide bonds. The summed E-state index contributed by atoms with van der Waals surface area (Å²) in [5.41, 5.74) is 1.03. The predicted octanol–water partition coefficient (Wildman–Crippen LogP) is 4.60. The van der Waals surface area contributed by atoms with Gasteiger partial charge in [0.1, 0.15) is 5.82 Å². The van der Waals surface area contributed by atoms with E-state index in [2.05, 4.69) is 17.1 Å². The normalized spacial score (nSPS) is 26.4. The summed E-state index contributed by atoms with van der Waals surface area (Å²) in [4.78, 5) is 2.37. The van der Waals surface area contributed by atoms with Crippen LogP contribution in [0.3, 0.4) is 0 Å². The van der Waals surface area contributed by atoms with Gasteiger partial charge in [0, 0.05) is 24.8 Å². The van der Waals surface area contributed by atoms with Crippen molar-refractivity contribution in [2.45, 2.75) is 57.9 Å². The van der Waals surface area contributed by atoms with Crippen molar-refractivity contribution in [2.75, 3.05) is 24.5 Å². The van der Waals surface area contributed by atoms with Crippen LogP contribution in [-0.2, 0) is 0 Å². The molecule has 1 heterocycles. The number of benzene rings is 1. The van der Waals surface area contributed by atoms with E-state index in [-0.39, 0.29) is 5.82 Å². The molecule has 1 N–H and O–H groups in total. The monoisotopic (exact) mass is 318 g/mol. The highest BCUT2D eigenvalue weighted by Crippen LogP contribution is 2.27. The van der Waals surface area contributed by atoms with Gasteiger partial charge in [-0.15, -0.1) is 0 Å². The van der Waals surface area contributed by atoms with E-state index in [1.807, 2.05) is 12.1 Å². The van der Waals surface area contributed by atoms with Gasteiger partial charge < -0.3 is 10.2 Å². The molecule has 1 saturated heterocycles. The van der Waals surface area contributed by atoms with Crippen molar-refractivity contribution in [3.63, 3.8) is 0 Å². The highest BCUT2D eigenvalue weighted by molar-refractivity contribution is 5.47. The van der Waals surface area contributed by atoms with Crippen molar-refractivity contribution in [1.82, 2.24) is 5.32 Å². The molecule has 2 atom stereocenters. The van der Waals surface area contributed by atoms with Crippen molar-refractivity contribution < 1.29 is 4.39 Å². The van der Waals surface area contributed by atoms with Crippen LogP contribution in [0.4, 0.5) is 10.1 Å². The number of hydrogen-bond donors (Lipinski definition) is 1. The molecule has 3 heteroatoms. The molecule has 0 aromatic heterocycles. The average molecular weight is 318 g/mol. The molecule has 1 aliphatic heterocycles. The lowest BCUT2D eigenvalue weighted by Crippen LogP contribution is -2.50. The molecule has 0 bridgehead atoms. The minimum absolute atomic E-state index is 0.132. The molecule has 0 radical (unpaired) electrons. The average Bonchev–Trinajstić information content (AvgIpc) is 2.60. The van der Waals surface area contributed by atoms with Gasteiger partial charge in [0.15, 0.2) is 0 Å². The van der Waals surface area contributed by atoms with Crippen LogP contribution in [-0.4, -0.2) is 25.7 Å². The van der Waals surface area contributed by atoms with E-state index in [0.717, 1.165) is 31.2 Å². The van der Waals surface area contributed by atoms with Crippen LogP contribution in [0.2, 0.25) is 0 Å². The maximum Gasteiger partial charge on any atom is 0.125 e. The van der Waals surface area contributed by atoms with Gasteiger partial charge in [-0.05, 0) is 55.8 Å². The maximum absolute atomic E-state index is 13.5. The molecule has 0 spiro atoms. The largest absolute Gasteiger partial charge is 0.370 e. The zero-order valence-electron chi connectivity index (χ0n) is 14.4. The van der Waals surface area contributed by atoms with E-state index in [4.69, 9.17) is 0 Å². The Balaban J connectivity index is 1.59. The fourth-order valence-corrected chi connectivity index (χ4v) is 4.26. The Kier molecular flexibility index (Phi) is 5.93. The lowest BCUT2D eigenvalue weighted by Gasteiger charge is -2.40. The van der Waals surface area contributed by atoms with Gasteiger partial charge in [-0.3, -0.25) is 0 Å². The van der Waals surface area contributed by atoms with Crippen molar-refractivity contribution in [2.24, 2.45) is 11.8 Å². The second kappa shape index (κ2) is 8.14. The second-order valence-corrected chi connectivity index (χ2v) is 7.50. The molecule has 1 aromatic carbocycles. The van der Waals surface area contributed by atoms with Gasteiger partial charge in [-0.1, -0.05) is 38.7 Å². The van der Waals surface area contributed by atoms with E-state index < -0.39 is 0 Å². The third-order valence-electron chi connectivity index (χ3n) is 5.71. The minimum atomic E-state index is -0.132. The van der Waals surface area contributed by atoms with E-state index in [0.29, 0.717) is 12.0 Å². The molecule has 3 rings (SSSR count). The Hall–Kier alpha value is -1.09. The van der Waals surface area contributed by atoms with Crippen molar-refractivity contribution in [3.8, 4) is 0 Å². The topological polar surface area (TPSA) is 15.3 Å². The molecule has 2 aliphatic rings. The molecule has 2 nitrogen and oxygen atoms in total. The van der Waals surface area contributed by atoms with Crippen molar-refractivity contribution in [1.29, 1.82) is 0 Å². The lowest BCUT2D eigenvalue weighted by molar-refractivity contribution is 0.285. The smallest absolute Gasteiger partial charge is 0.125 e. The van der Waals surface area contributed by atoms with Crippen molar-refractivity contribution >= 4 is 5.69 Å². The van der Waals surface area contributed by atoms with Gasteiger partial charge in [0.05, 0.1) is 0 Å². The van der Waals surface area contributed by atoms with E-state index in [9.17, 15) is 4.39 Å².